The van der Waals surface area contributed by atoms with Crippen molar-refractivity contribution < 1.29 is 14.5 Å². The van der Waals surface area contributed by atoms with Gasteiger partial charge in [-0.3, -0.25) is 19.9 Å². The maximum Gasteiger partial charge on any atom is 0.316 e. The van der Waals surface area contributed by atoms with Gasteiger partial charge >= 0.3 is 5.97 Å². The molecule has 7 nitrogen and oxygen atoms in total. The molecule has 0 bridgehead atoms. The molecule has 1 heterocycles. The molecule has 1 aromatic heterocycles. The largest absolute Gasteiger partial charge is 0.459 e. The molecule has 0 aliphatic rings. The quantitative estimate of drug-likeness (QED) is 0.420. The van der Waals surface area contributed by atoms with Crippen molar-refractivity contribution >= 4 is 17.6 Å². The van der Waals surface area contributed by atoms with Gasteiger partial charge in [-0.25, -0.2) is 4.98 Å². The molecule has 27 heavy (non-hydrogen) atoms. The number of rotatable bonds is 6. The number of hydrogen-bond acceptors (Lipinski definition) is 6. The van der Waals surface area contributed by atoms with Crippen molar-refractivity contribution in [1.82, 2.24) is 9.97 Å². The lowest BCUT2D eigenvalue weighted by Gasteiger charge is -2.27. The van der Waals surface area contributed by atoms with Crippen molar-refractivity contribution in [2.24, 2.45) is 0 Å². The van der Waals surface area contributed by atoms with Crippen LogP contribution in [-0.2, 0) is 9.53 Å². The summed E-state index contributed by atoms with van der Waals surface area (Å²) >= 11 is 6.18. The zero-order valence-corrected chi connectivity index (χ0v) is 16.4. The van der Waals surface area contributed by atoms with Gasteiger partial charge in [0.15, 0.2) is 5.15 Å². The van der Waals surface area contributed by atoms with Crippen LogP contribution in [0.1, 0.15) is 49.4 Å². The Morgan fingerprint density at radius 1 is 1.22 bits per heavy atom. The molecule has 0 N–H and O–H groups in total. The summed E-state index contributed by atoms with van der Waals surface area (Å²) in [5.74, 6) is -2.49. The molecule has 0 saturated carbocycles. The van der Waals surface area contributed by atoms with E-state index < -0.39 is 34.9 Å². The minimum atomic E-state index is -1.06. The van der Waals surface area contributed by atoms with E-state index in [0.717, 1.165) is 5.56 Å². The smallest absolute Gasteiger partial charge is 0.316 e. The van der Waals surface area contributed by atoms with Crippen LogP contribution in [0.5, 0.6) is 0 Å². The van der Waals surface area contributed by atoms with Gasteiger partial charge in [0.1, 0.15) is 11.5 Å². The first-order valence-electron chi connectivity index (χ1n) is 8.46. The number of hydrogen-bond donors (Lipinski definition) is 0. The van der Waals surface area contributed by atoms with Gasteiger partial charge in [0.25, 0.3) is 0 Å². The molecule has 0 spiro atoms. The first-order chi connectivity index (χ1) is 12.6. The molecule has 0 aliphatic carbocycles. The fraction of sp³-hybridized carbons (Fsp3) is 0.421. The van der Waals surface area contributed by atoms with Crippen LogP contribution in [0.2, 0.25) is 5.15 Å². The number of aromatic nitrogens is 2. The van der Waals surface area contributed by atoms with Crippen LogP contribution >= 0.6 is 11.6 Å². The third-order valence-corrected chi connectivity index (χ3v) is 4.18. The molecule has 2 aromatic rings. The molecule has 144 valence electrons. The van der Waals surface area contributed by atoms with Gasteiger partial charge in [-0.2, -0.15) is 0 Å². The highest BCUT2D eigenvalue weighted by molar-refractivity contribution is 6.30. The van der Waals surface area contributed by atoms with Crippen molar-refractivity contribution in [2.75, 3.05) is 6.54 Å². The van der Waals surface area contributed by atoms with Crippen molar-refractivity contribution in [3.05, 3.63) is 68.7 Å². The lowest BCUT2D eigenvalue weighted by Crippen LogP contribution is -2.33. The van der Waals surface area contributed by atoms with E-state index in [9.17, 15) is 14.9 Å². The fourth-order valence-corrected chi connectivity index (χ4v) is 2.97. The number of ether oxygens (including phenoxy) is 1. The monoisotopic (exact) mass is 391 g/mol. The van der Waals surface area contributed by atoms with Gasteiger partial charge in [-0.1, -0.05) is 41.4 Å². The average Bonchev–Trinajstić information content (AvgIpc) is 2.54. The Kier molecular flexibility index (Phi) is 6.49. The standard InChI is InChI=1S/C19H22ClN3O4/c1-12-5-7-13(8-6-12)14(11-23(25)26)15(18(24)27-19(2,3)4)16-17(20)22-10-9-21-16/h5-10,14-15H,11H2,1-4H3/t14-,15?/m0/s1. The van der Waals surface area contributed by atoms with Gasteiger partial charge < -0.3 is 4.74 Å². The van der Waals surface area contributed by atoms with E-state index in [1.807, 2.05) is 19.1 Å². The van der Waals surface area contributed by atoms with E-state index in [1.165, 1.54) is 12.4 Å². The molecule has 0 amide bonds. The summed E-state index contributed by atoms with van der Waals surface area (Å²) in [6, 6.07) is 7.22. The second kappa shape index (κ2) is 8.43. The van der Waals surface area contributed by atoms with Crippen LogP contribution in [0, 0.1) is 17.0 Å². The number of aryl methyl sites for hydroxylation is 1. The Morgan fingerprint density at radius 3 is 2.33 bits per heavy atom. The number of carbonyl (C=O) groups excluding carboxylic acids is 1. The highest BCUT2D eigenvalue weighted by Crippen LogP contribution is 2.37. The Balaban J connectivity index is 2.59. The molecule has 2 rings (SSSR count). The summed E-state index contributed by atoms with van der Waals surface area (Å²) in [5, 5.41) is 11.4. The molecule has 1 unspecified atom stereocenters. The lowest BCUT2D eigenvalue weighted by atomic mass is 9.83. The topological polar surface area (TPSA) is 95.2 Å². The molecule has 0 saturated heterocycles. The Bertz CT molecular complexity index is 818. The maximum absolute atomic E-state index is 13.0. The van der Waals surface area contributed by atoms with E-state index in [0.29, 0.717) is 5.56 Å². The third-order valence-electron chi connectivity index (χ3n) is 3.89. The van der Waals surface area contributed by atoms with Crippen LogP contribution in [-0.4, -0.2) is 33.0 Å². The summed E-state index contributed by atoms with van der Waals surface area (Å²) in [4.78, 5) is 32.1. The van der Waals surface area contributed by atoms with Crippen LogP contribution in [0.25, 0.3) is 0 Å². The first kappa shape index (κ1) is 20.8. The third kappa shape index (κ3) is 5.72. The van der Waals surface area contributed by atoms with E-state index in [1.54, 1.807) is 32.9 Å². The van der Waals surface area contributed by atoms with E-state index in [4.69, 9.17) is 16.3 Å². The van der Waals surface area contributed by atoms with E-state index >= 15 is 0 Å². The lowest BCUT2D eigenvalue weighted by molar-refractivity contribution is -0.483. The van der Waals surface area contributed by atoms with Crippen LogP contribution in [0.15, 0.2) is 36.7 Å². The average molecular weight is 392 g/mol. The van der Waals surface area contributed by atoms with Crippen molar-refractivity contribution in [3.8, 4) is 0 Å². The van der Waals surface area contributed by atoms with E-state index in [2.05, 4.69) is 9.97 Å². The first-order valence-corrected chi connectivity index (χ1v) is 8.84. The van der Waals surface area contributed by atoms with Gasteiger partial charge in [0, 0.05) is 17.3 Å². The van der Waals surface area contributed by atoms with E-state index in [-0.39, 0.29) is 10.8 Å². The summed E-state index contributed by atoms with van der Waals surface area (Å²) in [6.45, 7) is 6.63. The molecule has 1 aromatic carbocycles. The minimum Gasteiger partial charge on any atom is -0.459 e. The van der Waals surface area contributed by atoms with Crippen molar-refractivity contribution in [2.45, 2.75) is 45.1 Å². The molecule has 0 aliphatic heterocycles. The van der Waals surface area contributed by atoms with Gasteiger partial charge in [-0.05, 0) is 33.3 Å². The predicted molar refractivity (Wildman–Crippen MR) is 101 cm³/mol. The number of halogens is 1. The predicted octanol–water partition coefficient (Wildman–Crippen LogP) is 3.92. The fourth-order valence-electron chi connectivity index (χ4n) is 2.75. The number of benzene rings is 1. The molecule has 0 fully saturated rings. The molecular formula is C19H22ClN3O4. The zero-order chi connectivity index (χ0) is 20.2. The Morgan fingerprint density at radius 2 is 1.81 bits per heavy atom. The van der Waals surface area contributed by atoms with Crippen LogP contribution in [0.3, 0.4) is 0 Å². The second-order valence-electron chi connectivity index (χ2n) is 7.28. The second-order valence-corrected chi connectivity index (χ2v) is 7.63. The van der Waals surface area contributed by atoms with Gasteiger partial charge in [0.2, 0.25) is 6.54 Å². The number of carbonyl (C=O) groups is 1. The molecule has 2 atom stereocenters. The number of nitro groups is 1. The highest BCUT2D eigenvalue weighted by atomic mass is 35.5. The summed E-state index contributed by atoms with van der Waals surface area (Å²) < 4.78 is 5.53. The van der Waals surface area contributed by atoms with Gasteiger partial charge in [-0.15, -0.1) is 0 Å². The maximum atomic E-state index is 13.0. The normalized spacial score (nSPS) is 13.7. The minimum absolute atomic E-state index is 0.0221. The van der Waals surface area contributed by atoms with Crippen molar-refractivity contribution in [1.29, 1.82) is 0 Å². The van der Waals surface area contributed by atoms with Crippen LogP contribution in [0.4, 0.5) is 0 Å². The SMILES string of the molecule is Cc1ccc([C@H](C[N+](=O)[O-])C(C(=O)OC(C)(C)C)c2nccnc2Cl)cc1. The number of esters is 1. The molecule has 8 heteroatoms. The summed E-state index contributed by atoms with van der Waals surface area (Å²) in [7, 11) is 0. The highest BCUT2D eigenvalue weighted by Gasteiger charge is 2.40. The molecule has 0 radical (unpaired) electrons. The summed E-state index contributed by atoms with van der Waals surface area (Å²) in [5.41, 5.74) is 1.04. The van der Waals surface area contributed by atoms with Gasteiger partial charge in [0.05, 0.1) is 11.6 Å². The van der Waals surface area contributed by atoms with Crippen LogP contribution < -0.4 is 0 Å². The van der Waals surface area contributed by atoms with Crippen molar-refractivity contribution in [3.63, 3.8) is 0 Å². The Hall–Kier alpha value is -2.54. The Labute approximate surface area is 162 Å². The zero-order valence-electron chi connectivity index (χ0n) is 15.7. The summed E-state index contributed by atoms with van der Waals surface area (Å²) in [6.07, 6.45) is 2.79. The molecular weight excluding hydrogens is 370 g/mol. The number of nitrogens with zero attached hydrogens (tertiary/aromatic N) is 3.